The summed E-state index contributed by atoms with van der Waals surface area (Å²) in [6.07, 6.45) is 5.46. The third-order valence-corrected chi connectivity index (χ3v) is 5.66. The molecule has 3 atom stereocenters. The predicted octanol–water partition coefficient (Wildman–Crippen LogP) is 2.08. The summed E-state index contributed by atoms with van der Waals surface area (Å²) in [6.45, 7) is 8.51. The summed E-state index contributed by atoms with van der Waals surface area (Å²) in [5.41, 5.74) is -1.68. The van der Waals surface area contributed by atoms with Crippen LogP contribution in [-0.4, -0.2) is 53.5 Å². The van der Waals surface area contributed by atoms with Gasteiger partial charge in [0, 0.05) is 6.54 Å². The lowest BCUT2D eigenvalue weighted by Gasteiger charge is -2.40. The van der Waals surface area contributed by atoms with Gasteiger partial charge in [-0.25, -0.2) is 4.79 Å². The van der Waals surface area contributed by atoms with Crippen LogP contribution in [0.2, 0.25) is 0 Å². The molecule has 27 heavy (non-hydrogen) atoms. The van der Waals surface area contributed by atoms with Crippen LogP contribution in [0.15, 0.2) is 0 Å². The number of hydrogen-bond acceptors (Lipinski definition) is 5. The Kier molecular flexibility index (Phi) is 7.51. The maximum atomic E-state index is 13.3. The highest BCUT2D eigenvalue weighted by atomic mass is 16.6. The van der Waals surface area contributed by atoms with E-state index < -0.39 is 23.3 Å². The molecule has 4 N–H and O–H groups in total. The second-order valence-corrected chi connectivity index (χ2v) is 9.16. The molecular formula is C20H37N3O4. The number of hydrogen-bond donors (Lipinski definition) is 4. The van der Waals surface area contributed by atoms with Gasteiger partial charge in [0.1, 0.15) is 11.1 Å². The summed E-state index contributed by atoms with van der Waals surface area (Å²) < 4.78 is 5.42. The maximum absolute atomic E-state index is 13.3. The number of β-amino-alcohol motifs (C(OH)–C–C–N with tert-alkyl or cyclic N) is 1. The van der Waals surface area contributed by atoms with Crippen LogP contribution in [-0.2, 0) is 9.53 Å². The van der Waals surface area contributed by atoms with Crippen molar-refractivity contribution in [2.24, 2.45) is 5.92 Å². The molecule has 0 radical (unpaired) electrons. The molecule has 1 aliphatic carbocycles. The first-order chi connectivity index (χ1) is 12.6. The van der Waals surface area contributed by atoms with E-state index in [4.69, 9.17) is 4.74 Å². The van der Waals surface area contributed by atoms with Gasteiger partial charge < -0.3 is 25.8 Å². The fraction of sp³-hybridized carbons (Fsp3) is 0.900. The van der Waals surface area contributed by atoms with Crippen LogP contribution in [0.25, 0.3) is 0 Å². The van der Waals surface area contributed by atoms with E-state index in [1.165, 1.54) is 0 Å². The van der Waals surface area contributed by atoms with Gasteiger partial charge in [0.25, 0.3) is 0 Å². The van der Waals surface area contributed by atoms with E-state index in [2.05, 4.69) is 16.0 Å². The van der Waals surface area contributed by atoms with Crippen molar-refractivity contribution >= 4 is 12.0 Å². The fourth-order valence-corrected chi connectivity index (χ4v) is 4.06. The Morgan fingerprint density at radius 1 is 1.04 bits per heavy atom. The van der Waals surface area contributed by atoms with Crippen molar-refractivity contribution in [3.8, 4) is 0 Å². The van der Waals surface area contributed by atoms with Gasteiger partial charge >= 0.3 is 6.09 Å². The largest absolute Gasteiger partial charge is 0.444 e. The molecular weight excluding hydrogens is 346 g/mol. The summed E-state index contributed by atoms with van der Waals surface area (Å²) in [5.74, 6) is -0.175. The van der Waals surface area contributed by atoms with Gasteiger partial charge in [-0.3, -0.25) is 4.79 Å². The molecule has 1 aliphatic heterocycles. The molecule has 7 nitrogen and oxygen atoms in total. The minimum Gasteiger partial charge on any atom is -0.444 e. The Hall–Kier alpha value is -1.34. The molecule has 2 rings (SSSR count). The van der Waals surface area contributed by atoms with Gasteiger partial charge in [-0.15, -0.1) is 0 Å². The lowest BCUT2D eigenvalue weighted by Crippen LogP contribution is -2.64. The Labute approximate surface area is 163 Å². The molecule has 2 aliphatic rings. The summed E-state index contributed by atoms with van der Waals surface area (Å²) in [5, 5.41) is 19.4. The zero-order valence-corrected chi connectivity index (χ0v) is 17.3. The normalized spacial score (nSPS) is 27.1. The standard InChI is InChI=1S/C20H37N3O4/c1-19(2,3)27-18(26)23-20(4,14-9-6-5-7-10-14)17(25)22-15-11-8-12-21-13-16(15)24/h14-16,21,24H,5-13H2,1-4H3,(H,22,25)(H,23,26)/t15?,16-,20?/m0/s1. The van der Waals surface area contributed by atoms with E-state index in [1.807, 2.05) is 0 Å². The predicted molar refractivity (Wildman–Crippen MR) is 104 cm³/mol. The van der Waals surface area contributed by atoms with E-state index in [-0.39, 0.29) is 17.9 Å². The monoisotopic (exact) mass is 383 g/mol. The summed E-state index contributed by atoms with van der Waals surface area (Å²) in [6, 6.07) is -0.309. The number of rotatable bonds is 4. The molecule has 7 heteroatoms. The van der Waals surface area contributed by atoms with E-state index in [9.17, 15) is 14.7 Å². The van der Waals surface area contributed by atoms with Crippen molar-refractivity contribution in [2.45, 2.75) is 95.9 Å². The van der Waals surface area contributed by atoms with E-state index in [0.29, 0.717) is 13.0 Å². The molecule has 0 bridgehead atoms. The number of carbonyl (C=O) groups is 2. The van der Waals surface area contributed by atoms with Gasteiger partial charge in [0.15, 0.2) is 0 Å². The van der Waals surface area contributed by atoms with Gasteiger partial charge in [-0.1, -0.05) is 19.3 Å². The molecule has 0 spiro atoms. The smallest absolute Gasteiger partial charge is 0.408 e. The van der Waals surface area contributed by atoms with Crippen LogP contribution in [0.3, 0.4) is 0 Å². The van der Waals surface area contributed by atoms with E-state index in [1.54, 1.807) is 27.7 Å². The van der Waals surface area contributed by atoms with Crippen LogP contribution in [0.5, 0.6) is 0 Å². The molecule has 1 heterocycles. The molecule has 2 unspecified atom stereocenters. The van der Waals surface area contributed by atoms with Gasteiger partial charge in [0.05, 0.1) is 12.1 Å². The minimum atomic E-state index is -1.05. The average molecular weight is 384 g/mol. The van der Waals surface area contributed by atoms with Crippen molar-refractivity contribution in [1.82, 2.24) is 16.0 Å². The molecule has 2 fully saturated rings. The molecule has 1 saturated heterocycles. The molecule has 2 amide bonds. The fourth-order valence-electron chi connectivity index (χ4n) is 4.06. The Morgan fingerprint density at radius 2 is 1.70 bits per heavy atom. The molecule has 0 aromatic carbocycles. The van der Waals surface area contributed by atoms with Crippen molar-refractivity contribution < 1.29 is 19.4 Å². The quantitative estimate of drug-likeness (QED) is 0.596. The van der Waals surface area contributed by atoms with Gasteiger partial charge in [-0.2, -0.15) is 0 Å². The van der Waals surface area contributed by atoms with Crippen molar-refractivity contribution in [3.63, 3.8) is 0 Å². The van der Waals surface area contributed by atoms with Crippen LogP contribution in [0, 0.1) is 5.92 Å². The second kappa shape index (κ2) is 9.24. The highest BCUT2D eigenvalue weighted by molar-refractivity contribution is 5.90. The zero-order chi connectivity index (χ0) is 20.1. The molecule has 0 aromatic rings. The molecule has 1 saturated carbocycles. The number of carbonyl (C=O) groups excluding carboxylic acids is 2. The van der Waals surface area contributed by atoms with Crippen LogP contribution in [0.4, 0.5) is 4.79 Å². The highest BCUT2D eigenvalue weighted by Gasteiger charge is 2.44. The van der Waals surface area contributed by atoms with Crippen LogP contribution in [0.1, 0.15) is 72.6 Å². The topological polar surface area (TPSA) is 99.7 Å². The number of aliphatic hydroxyl groups excluding tert-OH is 1. The van der Waals surface area contributed by atoms with Crippen molar-refractivity contribution in [3.05, 3.63) is 0 Å². The number of alkyl carbamates (subject to hydrolysis) is 1. The lowest BCUT2D eigenvalue weighted by atomic mass is 9.75. The van der Waals surface area contributed by atoms with Gasteiger partial charge in [-0.05, 0) is 65.8 Å². The van der Waals surface area contributed by atoms with Crippen LogP contribution < -0.4 is 16.0 Å². The van der Waals surface area contributed by atoms with E-state index in [0.717, 1.165) is 45.1 Å². The Morgan fingerprint density at radius 3 is 2.33 bits per heavy atom. The highest BCUT2D eigenvalue weighted by Crippen LogP contribution is 2.33. The SMILES string of the molecule is CC(C)(C)OC(=O)NC(C)(C(=O)NC1CCCNC[C@@H]1O)C1CCCCC1. The lowest BCUT2D eigenvalue weighted by molar-refractivity contribution is -0.131. The summed E-state index contributed by atoms with van der Waals surface area (Å²) >= 11 is 0. The third kappa shape index (κ3) is 6.35. The minimum absolute atomic E-state index is 0.0554. The maximum Gasteiger partial charge on any atom is 0.408 e. The number of amides is 2. The molecule has 156 valence electrons. The second-order valence-electron chi connectivity index (χ2n) is 9.16. The first kappa shape index (κ1) is 22.0. The van der Waals surface area contributed by atoms with Crippen molar-refractivity contribution in [2.75, 3.05) is 13.1 Å². The third-order valence-electron chi connectivity index (χ3n) is 5.66. The average Bonchev–Trinajstić information content (AvgIpc) is 2.78. The number of nitrogens with one attached hydrogen (secondary N) is 3. The van der Waals surface area contributed by atoms with Crippen molar-refractivity contribution in [1.29, 1.82) is 0 Å². The molecule has 0 aromatic heterocycles. The first-order valence-electron chi connectivity index (χ1n) is 10.3. The van der Waals surface area contributed by atoms with Gasteiger partial charge in [0.2, 0.25) is 5.91 Å². The van der Waals surface area contributed by atoms with Crippen LogP contribution >= 0.6 is 0 Å². The Balaban J connectivity index is 2.14. The Bertz CT molecular complexity index is 514. The summed E-state index contributed by atoms with van der Waals surface area (Å²) in [7, 11) is 0. The number of ether oxygens (including phenoxy) is 1. The number of aliphatic hydroxyl groups is 1. The zero-order valence-electron chi connectivity index (χ0n) is 17.3. The summed E-state index contributed by atoms with van der Waals surface area (Å²) in [4.78, 5) is 25.7. The van der Waals surface area contributed by atoms with E-state index >= 15 is 0 Å². The first-order valence-corrected chi connectivity index (χ1v) is 10.3.